The van der Waals surface area contributed by atoms with Crippen molar-refractivity contribution in [2.45, 2.75) is 23.8 Å². The van der Waals surface area contributed by atoms with Crippen LogP contribution in [0.25, 0.3) is 10.8 Å². The lowest BCUT2D eigenvalue weighted by atomic mass is 10.1. The first-order chi connectivity index (χ1) is 12.3. The summed E-state index contributed by atoms with van der Waals surface area (Å²) in [7, 11) is -3.90. The molecule has 0 unspecified atom stereocenters. The summed E-state index contributed by atoms with van der Waals surface area (Å²) in [6.07, 6.45) is 0.882. The van der Waals surface area contributed by atoms with Gasteiger partial charge in [0.15, 0.2) is 0 Å². The number of sulfonamides is 1. The Morgan fingerprint density at radius 3 is 2.65 bits per heavy atom. The highest BCUT2D eigenvalue weighted by atomic mass is 79.9. The van der Waals surface area contributed by atoms with Crippen LogP contribution in [0.2, 0.25) is 0 Å². The van der Waals surface area contributed by atoms with E-state index < -0.39 is 34.5 Å². The number of hydrogen-bond acceptors (Lipinski definition) is 4. The maximum absolute atomic E-state index is 12.7. The average molecular weight is 441 g/mol. The van der Waals surface area contributed by atoms with Crippen LogP contribution in [0.3, 0.4) is 0 Å². The van der Waals surface area contributed by atoms with Crippen molar-refractivity contribution in [1.82, 2.24) is 9.62 Å². The monoisotopic (exact) mass is 440 g/mol. The second-order valence-corrected chi connectivity index (χ2v) is 8.75. The topological polar surface area (TPSA) is 104 Å². The number of carboxylic acids is 1. The molecule has 1 atom stereocenters. The van der Waals surface area contributed by atoms with Gasteiger partial charge in [-0.1, -0.05) is 28.1 Å². The van der Waals surface area contributed by atoms with Crippen molar-refractivity contribution in [3.63, 3.8) is 0 Å². The number of carboxylic acid groups (broad SMARTS) is 1. The minimum absolute atomic E-state index is 0.0653. The molecular formula is C17H17BrN2O5S. The molecule has 7 nitrogen and oxygen atoms in total. The number of benzene rings is 2. The van der Waals surface area contributed by atoms with E-state index in [0.29, 0.717) is 19.4 Å². The predicted octanol–water partition coefficient (Wildman–Crippen LogP) is 1.96. The number of carbonyl (C=O) groups is 2. The highest BCUT2D eigenvalue weighted by Gasteiger charge is 2.33. The predicted molar refractivity (Wildman–Crippen MR) is 99.2 cm³/mol. The third-order valence-electron chi connectivity index (χ3n) is 4.24. The molecule has 1 aliphatic rings. The van der Waals surface area contributed by atoms with Crippen LogP contribution >= 0.6 is 15.9 Å². The van der Waals surface area contributed by atoms with E-state index in [4.69, 9.17) is 5.11 Å². The molecule has 0 spiro atoms. The summed E-state index contributed by atoms with van der Waals surface area (Å²) in [5.41, 5.74) is 0. The summed E-state index contributed by atoms with van der Waals surface area (Å²) in [5, 5.41) is 10.5. The average Bonchev–Trinajstić information content (AvgIpc) is 2.57. The number of amides is 1. The number of carbonyl (C=O) groups excluding carboxylic acids is 1. The lowest BCUT2D eigenvalue weighted by Crippen LogP contribution is -2.53. The van der Waals surface area contributed by atoms with Gasteiger partial charge in [-0.3, -0.25) is 9.59 Å². The van der Waals surface area contributed by atoms with E-state index in [-0.39, 0.29) is 4.90 Å². The highest BCUT2D eigenvalue weighted by molar-refractivity contribution is 9.10. The van der Waals surface area contributed by atoms with E-state index in [1.807, 2.05) is 12.1 Å². The van der Waals surface area contributed by atoms with Crippen molar-refractivity contribution in [2.75, 3.05) is 13.1 Å². The zero-order valence-electron chi connectivity index (χ0n) is 13.7. The van der Waals surface area contributed by atoms with Crippen molar-refractivity contribution in [1.29, 1.82) is 0 Å². The Bertz CT molecular complexity index is 976. The fourth-order valence-electron chi connectivity index (χ4n) is 2.99. The molecule has 1 fully saturated rings. The molecule has 0 saturated carbocycles. The van der Waals surface area contributed by atoms with Gasteiger partial charge >= 0.3 is 5.97 Å². The van der Waals surface area contributed by atoms with Gasteiger partial charge in [-0.2, -0.15) is 4.72 Å². The van der Waals surface area contributed by atoms with Crippen LogP contribution in [0.15, 0.2) is 45.8 Å². The van der Waals surface area contributed by atoms with E-state index >= 15 is 0 Å². The van der Waals surface area contributed by atoms with Gasteiger partial charge in [0.25, 0.3) is 0 Å². The minimum Gasteiger partial charge on any atom is -0.480 e. The first-order valence-corrected chi connectivity index (χ1v) is 10.3. The Balaban J connectivity index is 1.83. The molecule has 9 heteroatoms. The number of piperidine rings is 1. The van der Waals surface area contributed by atoms with E-state index in [1.54, 1.807) is 18.2 Å². The number of likely N-dealkylation sites (tertiary alicyclic amines) is 1. The number of nitrogens with zero attached hydrogens (tertiary/aromatic N) is 1. The van der Waals surface area contributed by atoms with Crippen LogP contribution in [0.1, 0.15) is 12.8 Å². The van der Waals surface area contributed by atoms with E-state index in [9.17, 15) is 18.0 Å². The summed E-state index contributed by atoms with van der Waals surface area (Å²) >= 11 is 3.37. The van der Waals surface area contributed by atoms with Crippen molar-refractivity contribution in [3.05, 3.63) is 40.9 Å². The lowest BCUT2D eigenvalue weighted by molar-refractivity contribution is -0.146. The normalized spacial score (nSPS) is 18.3. The largest absolute Gasteiger partial charge is 0.480 e. The summed E-state index contributed by atoms with van der Waals surface area (Å²) < 4.78 is 28.7. The molecule has 1 saturated heterocycles. The Morgan fingerprint density at radius 1 is 1.23 bits per heavy atom. The van der Waals surface area contributed by atoms with Gasteiger partial charge in [-0.25, -0.2) is 8.42 Å². The van der Waals surface area contributed by atoms with Crippen LogP contribution in [-0.4, -0.2) is 49.4 Å². The van der Waals surface area contributed by atoms with Gasteiger partial charge in [0.2, 0.25) is 15.9 Å². The molecule has 0 aromatic heterocycles. The van der Waals surface area contributed by atoms with Gasteiger partial charge in [0.1, 0.15) is 12.6 Å². The minimum atomic E-state index is -3.90. The molecule has 1 amide bonds. The molecular weight excluding hydrogens is 424 g/mol. The zero-order valence-corrected chi connectivity index (χ0v) is 16.1. The van der Waals surface area contributed by atoms with E-state index in [0.717, 1.165) is 20.1 Å². The van der Waals surface area contributed by atoms with Gasteiger partial charge in [-0.15, -0.1) is 0 Å². The fraction of sp³-hybridized carbons (Fsp3) is 0.294. The molecule has 1 aliphatic heterocycles. The van der Waals surface area contributed by atoms with E-state index in [1.165, 1.54) is 6.07 Å². The first kappa shape index (κ1) is 18.8. The molecule has 0 radical (unpaired) electrons. The van der Waals surface area contributed by atoms with Gasteiger partial charge < -0.3 is 10.0 Å². The quantitative estimate of drug-likeness (QED) is 0.739. The van der Waals surface area contributed by atoms with Crippen molar-refractivity contribution >= 4 is 48.6 Å². The molecule has 3 rings (SSSR count). The Morgan fingerprint density at radius 2 is 1.92 bits per heavy atom. The smallest absolute Gasteiger partial charge is 0.323 e. The lowest BCUT2D eigenvalue weighted by Gasteiger charge is -2.31. The van der Waals surface area contributed by atoms with Gasteiger partial charge in [0, 0.05) is 11.0 Å². The maximum atomic E-state index is 12.7. The Labute approximate surface area is 159 Å². The summed E-state index contributed by atoms with van der Waals surface area (Å²) in [4.78, 5) is 24.4. The number of aliphatic carboxylic acids is 1. The third-order valence-corrected chi connectivity index (χ3v) is 6.20. The van der Waals surface area contributed by atoms with Crippen LogP contribution in [0.5, 0.6) is 0 Å². The number of halogens is 1. The standard InChI is InChI=1S/C17H17BrN2O5S/c18-13-5-3-12-9-14(6-4-11(12)8-13)26(24,25)19-15-2-1-7-20(17(15)23)10-16(21)22/h3-6,8-9,15,19H,1-2,7,10H2,(H,21,22)/t15-/m0/s1. The molecule has 0 aliphatic carbocycles. The molecule has 2 aromatic carbocycles. The fourth-order valence-corrected chi connectivity index (χ4v) is 4.62. The van der Waals surface area contributed by atoms with E-state index in [2.05, 4.69) is 20.7 Å². The Hall–Kier alpha value is -1.97. The molecule has 138 valence electrons. The van der Waals surface area contributed by atoms with Crippen molar-refractivity contribution in [3.8, 4) is 0 Å². The summed E-state index contributed by atoms with van der Waals surface area (Å²) in [5.74, 6) is -1.63. The summed E-state index contributed by atoms with van der Waals surface area (Å²) in [6, 6.07) is 9.29. The van der Waals surface area contributed by atoms with Crippen LogP contribution in [0, 0.1) is 0 Å². The van der Waals surface area contributed by atoms with Crippen LogP contribution < -0.4 is 4.72 Å². The highest BCUT2D eigenvalue weighted by Crippen LogP contribution is 2.23. The molecule has 2 N–H and O–H groups in total. The second kappa shape index (κ2) is 7.34. The van der Waals surface area contributed by atoms with Gasteiger partial charge in [-0.05, 0) is 47.9 Å². The first-order valence-electron chi connectivity index (χ1n) is 7.98. The maximum Gasteiger partial charge on any atom is 0.323 e. The Kier molecular flexibility index (Phi) is 5.31. The number of hydrogen-bond donors (Lipinski definition) is 2. The summed E-state index contributed by atoms with van der Waals surface area (Å²) in [6.45, 7) is -0.115. The SMILES string of the molecule is O=C(O)CN1CCC[C@H](NS(=O)(=O)c2ccc3cc(Br)ccc3c2)C1=O. The zero-order chi connectivity index (χ0) is 18.9. The molecule has 26 heavy (non-hydrogen) atoms. The number of fused-ring (bicyclic) bond motifs is 1. The molecule has 0 bridgehead atoms. The number of nitrogens with one attached hydrogen (secondary N) is 1. The van der Waals surface area contributed by atoms with Gasteiger partial charge in [0.05, 0.1) is 4.90 Å². The van der Waals surface area contributed by atoms with Crippen molar-refractivity contribution < 1.29 is 23.1 Å². The molecule has 2 aromatic rings. The third kappa shape index (κ3) is 4.05. The van der Waals surface area contributed by atoms with Crippen molar-refractivity contribution in [2.24, 2.45) is 0 Å². The van der Waals surface area contributed by atoms with Crippen LogP contribution in [-0.2, 0) is 19.6 Å². The second-order valence-electron chi connectivity index (χ2n) is 6.12. The molecule has 1 heterocycles. The number of rotatable bonds is 5. The van der Waals surface area contributed by atoms with Crippen LogP contribution in [0.4, 0.5) is 0 Å².